The third kappa shape index (κ3) is 6.49. The number of phenols is 1. The quantitative estimate of drug-likeness (QED) is 0.357. The van der Waals surface area contributed by atoms with Gasteiger partial charge in [0.2, 0.25) is 11.9 Å². The number of nitrogens with zero attached hydrogens (tertiary/aromatic N) is 3. The number of rotatable bonds is 5. The van der Waals surface area contributed by atoms with E-state index in [-0.39, 0.29) is 5.75 Å². The van der Waals surface area contributed by atoms with Gasteiger partial charge in [0, 0.05) is 24.0 Å². The van der Waals surface area contributed by atoms with Gasteiger partial charge in [0.15, 0.2) is 5.11 Å². The highest BCUT2D eigenvalue weighted by atomic mass is 32.1. The van der Waals surface area contributed by atoms with Crippen LogP contribution in [0, 0.1) is 13.8 Å². The van der Waals surface area contributed by atoms with Crippen molar-refractivity contribution in [3.05, 3.63) is 47.3 Å². The largest absolute Gasteiger partial charge is 0.508 e. The summed E-state index contributed by atoms with van der Waals surface area (Å²) in [6.07, 6.45) is 3.02. The molecule has 0 bridgehead atoms. The van der Waals surface area contributed by atoms with Crippen molar-refractivity contribution in [3.8, 4) is 5.75 Å². The minimum atomic E-state index is 0.259. The van der Waals surface area contributed by atoms with Gasteiger partial charge < -0.3 is 15.7 Å². The molecule has 2 aromatic rings. The van der Waals surface area contributed by atoms with Gasteiger partial charge in [-0.2, -0.15) is 0 Å². The molecule has 1 aromatic heterocycles. The number of aryl methyl sites for hydroxylation is 2. The number of benzene rings is 1. The van der Waals surface area contributed by atoms with Crippen LogP contribution < -0.4 is 16.0 Å². The minimum absolute atomic E-state index is 0.259. The van der Waals surface area contributed by atoms with Crippen LogP contribution in [0.5, 0.6) is 5.75 Å². The van der Waals surface area contributed by atoms with Gasteiger partial charge in [-0.15, -0.1) is 0 Å². The maximum Gasteiger partial charge on any atom is 0.229 e. The fraction of sp³-hybridized carbons (Fsp3) is 0.368. The first kappa shape index (κ1) is 19.0. The Labute approximate surface area is 164 Å². The Morgan fingerprint density at radius 1 is 1.19 bits per heavy atom. The van der Waals surface area contributed by atoms with E-state index in [4.69, 9.17) is 12.2 Å². The fourth-order valence-corrected chi connectivity index (χ4v) is 2.78. The lowest BCUT2D eigenvalue weighted by atomic mass is 10.1. The van der Waals surface area contributed by atoms with Gasteiger partial charge in [0.1, 0.15) is 5.75 Å². The first-order valence-corrected chi connectivity index (χ1v) is 9.38. The number of nitrogens with one attached hydrogen (secondary N) is 3. The number of phenolic OH excluding ortho intramolecular Hbond substituents is 1. The van der Waals surface area contributed by atoms with Crippen LogP contribution in [0.25, 0.3) is 0 Å². The number of thiocarbonyl (C=S) groups is 1. The zero-order chi connectivity index (χ0) is 19.2. The van der Waals surface area contributed by atoms with Gasteiger partial charge >= 0.3 is 0 Å². The molecule has 7 nitrogen and oxygen atoms in total. The third-order valence-corrected chi connectivity index (χ3v) is 4.18. The third-order valence-electron chi connectivity index (χ3n) is 3.96. The van der Waals surface area contributed by atoms with Crippen LogP contribution in [0.3, 0.4) is 0 Å². The highest BCUT2D eigenvalue weighted by molar-refractivity contribution is 7.80. The Morgan fingerprint density at radius 3 is 2.48 bits per heavy atom. The van der Waals surface area contributed by atoms with Gasteiger partial charge in [0.25, 0.3) is 0 Å². The summed E-state index contributed by atoms with van der Waals surface area (Å²) in [5, 5.41) is 19.4. The predicted octanol–water partition coefficient (Wildman–Crippen LogP) is 2.44. The molecular weight excluding hydrogens is 360 g/mol. The summed E-state index contributed by atoms with van der Waals surface area (Å²) in [5.74, 6) is 1.25. The van der Waals surface area contributed by atoms with E-state index >= 15 is 0 Å². The molecule has 0 atom stereocenters. The highest BCUT2D eigenvalue weighted by Crippen LogP contribution is 2.18. The number of aromatic nitrogens is 2. The molecule has 1 saturated carbocycles. The molecular formula is C19H24N6OS. The summed E-state index contributed by atoms with van der Waals surface area (Å²) in [6.45, 7) is 4.40. The normalized spacial score (nSPS) is 13.9. The van der Waals surface area contributed by atoms with E-state index in [0.717, 1.165) is 36.2 Å². The topological polar surface area (TPSA) is 94.5 Å². The number of hydrogen-bond donors (Lipinski definition) is 4. The second-order valence-electron chi connectivity index (χ2n) is 6.62. The Morgan fingerprint density at radius 2 is 1.85 bits per heavy atom. The Balaban J connectivity index is 1.67. The smallest absolute Gasteiger partial charge is 0.229 e. The first-order chi connectivity index (χ1) is 13.0. The fourth-order valence-electron chi connectivity index (χ4n) is 2.51. The molecule has 1 aliphatic rings. The molecule has 0 spiro atoms. The van der Waals surface area contributed by atoms with Crippen molar-refractivity contribution in [3.63, 3.8) is 0 Å². The van der Waals surface area contributed by atoms with Crippen LogP contribution in [-0.4, -0.2) is 38.7 Å². The van der Waals surface area contributed by atoms with Crippen molar-refractivity contribution >= 4 is 29.2 Å². The number of aliphatic imine (C=N–C) groups is 1. The van der Waals surface area contributed by atoms with Gasteiger partial charge in [-0.25, -0.2) is 9.97 Å². The average molecular weight is 385 g/mol. The maximum absolute atomic E-state index is 9.37. The van der Waals surface area contributed by atoms with E-state index in [2.05, 4.69) is 30.9 Å². The summed E-state index contributed by atoms with van der Waals surface area (Å²) in [5.41, 5.74) is 2.86. The maximum atomic E-state index is 9.37. The molecule has 0 unspecified atom stereocenters. The lowest BCUT2D eigenvalue weighted by Gasteiger charge is -2.14. The molecule has 0 amide bonds. The molecule has 3 rings (SSSR count). The highest BCUT2D eigenvalue weighted by Gasteiger charge is 2.22. The van der Waals surface area contributed by atoms with E-state index in [1.54, 1.807) is 12.1 Å². The SMILES string of the molecule is Cc1cc(C)nc(NC(=NCCc2ccc(O)cc2)NC(=S)NC2CC2)n1. The summed E-state index contributed by atoms with van der Waals surface area (Å²) in [4.78, 5) is 13.4. The molecule has 4 N–H and O–H groups in total. The molecule has 0 aliphatic heterocycles. The standard InChI is InChI=1S/C19H24N6OS/c1-12-11-13(2)22-18(21-12)24-17(25-19(27)23-15-5-6-15)20-10-9-14-3-7-16(26)8-4-14/h3-4,7-8,11,15,26H,5-6,9-10H2,1-2H3,(H3,20,21,22,23,24,25,27). The number of anilines is 1. The molecule has 1 aliphatic carbocycles. The Hall–Kier alpha value is -2.74. The van der Waals surface area contributed by atoms with Crippen LogP contribution >= 0.6 is 12.2 Å². The van der Waals surface area contributed by atoms with E-state index < -0.39 is 0 Å². The van der Waals surface area contributed by atoms with Crippen molar-refractivity contribution in [2.45, 2.75) is 39.2 Å². The van der Waals surface area contributed by atoms with Crippen molar-refractivity contribution in [2.75, 3.05) is 11.9 Å². The summed E-state index contributed by atoms with van der Waals surface area (Å²) in [6, 6.07) is 9.50. The van der Waals surface area contributed by atoms with E-state index in [9.17, 15) is 5.11 Å². The van der Waals surface area contributed by atoms with Crippen LogP contribution in [0.2, 0.25) is 0 Å². The number of hydrogen-bond acceptors (Lipinski definition) is 5. The summed E-state index contributed by atoms with van der Waals surface area (Å²) < 4.78 is 0. The summed E-state index contributed by atoms with van der Waals surface area (Å²) >= 11 is 5.36. The Bertz CT molecular complexity index is 812. The molecule has 0 saturated heterocycles. The van der Waals surface area contributed by atoms with Crippen molar-refractivity contribution in [2.24, 2.45) is 4.99 Å². The minimum Gasteiger partial charge on any atom is -0.508 e. The first-order valence-electron chi connectivity index (χ1n) is 8.97. The molecule has 1 aromatic carbocycles. The Kier molecular flexibility index (Phi) is 6.18. The molecule has 0 radical (unpaired) electrons. The van der Waals surface area contributed by atoms with Crippen molar-refractivity contribution < 1.29 is 5.11 Å². The molecule has 1 heterocycles. The van der Waals surface area contributed by atoms with Crippen molar-refractivity contribution in [1.82, 2.24) is 20.6 Å². The van der Waals surface area contributed by atoms with Crippen LogP contribution in [0.1, 0.15) is 29.8 Å². The molecule has 8 heteroatoms. The van der Waals surface area contributed by atoms with Gasteiger partial charge in [0.05, 0.1) is 0 Å². The van der Waals surface area contributed by atoms with Crippen LogP contribution in [0.4, 0.5) is 5.95 Å². The lowest BCUT2D eigenvalue weighted by molar-refractivity contribution is 0.475. The zero-order valence-corrected chi connectivity index (χ0v) is 16.3. The molecule has 1 fully saturated rings. The monoisotopic (exact) mass is 384 g/mol. The van der Waals surface area contributed by atoms with E-state index in [1.807, 2.05) is 32.0 Å². The van der Waals surface area contributed by atoms with E-state index in [0.29, 0.717) is 29.6 Å². The zero-order valence-electron chi connectivity index (χ0n) is 15.5. The van der Waals surface area contributed by atoms with Gasteiger partial charge in [-0.3, -0.25) is 10.3 Å². The average Bonchev–Trinajstić information content (AvgIpc) is 3.39. The van der Waals surface area contributed by atoms with Gasteiger partial charge in [-0.1, -0.05) is 12.1 Å². The molecule has 27 heavy (non-hydrogen) atoms. The number of aromatic hydroxyl groups is 1. The second-order valence-corrected chi connectivity index (χ2v) is 7.03. The lowest BCUT2D eigenvalue weighted by Crippen LogP contribution is -2.43. The van der Waals surface area contributed by atoms with Crippen LogP contribution in [0.15, 0.2) is 35.3 Å². The van der Waals surface area contributed by atoms with E-state index in [1.165, 1.54) is 0 Å². The summed E-state index contributed by atoms with van der Waals surface area (Å²) in [7, 11) is 0. The molecule has 142 valence electrons. The second kappa shape index (κ2) is 8.77. The predicted molar refractivity (Wildman–Crippen MR) is 111 cm³/mol. The van der Waals surface area contributed by atoms with Gasteiger partial charge in [-0.05, 0) is 69.1 Å². The number of guanidine groups is 1. The van der Waals surface area contributed by atoms with Crippen LogP contribution in [-0.2, 0) is 6.42 Å². The van der Waals surface area contributed by atoms with Crippen molar-refractivity contribution in [1.29, 1.82) is 0 Å².